The maximum atomic E-state index is 12.1. The lowest BCUT2D eigenvalue weighted by atomic mass is 10.1. The summed E-state index contributed by atoms with van der Waals surface area (Å²) in [6, 6.07) is 2.00. The first kappa shape index (κ1) is 14.5. The first-order valence-corrected chi connectivity index (χ1v) is 6.56. The van der Waals surface area contributed by atoms with Gasteiger partial charge < -0.3 is 10.2 Å². The van der Waals surface area contributed by atoms with E-state index in [1.165, 1.54) is 17.8 Å². The highest BCUT2D eigenvalue weighted by Crippen LogP contribution is 2.18. The van der Waals surface area contributed by atoms with Crippen molar-refractivity contribution in [2.45, 2.75) is 13.3 Å². The van der Waals surface area contributed by atoms with Crippen LogP contribution < -0.4 is 5.32 Å². The largest absolute Gasteiger partial charge is 0.341 e. The third kappa shape index (κ3) is 3.44. The fourth-order valence-electron chi connectivity index (χ4n) is 2.11. The number of carbonyl (C=O) groups excluding carboxylic acids is 1. The molecule has 17 heavy (non-hydrogen) atoms. The number of nitrogens with one attached hydrogen (secondary N) is 1. The number of thiophene rings is 1. The second-order valence-corrected chi connectivity index (χ2v) is 5.39. The number of carbonyl (C=O) groups is 1. The van der Waals surface area contributed by atoms with Gasteiger partial charge in [0.25, 0.3) is 5.91 Å². The molecule has 1 unspecified atom stereocenters. The summed E-state index contributed by atoms with van der Waals surface area (Å²) in [6.07, 6.45) is 1.18. The van der Waals surface area contributed by atoms with Crippen molar-refractivity contribution in [3.63, 3.8) is 0 Å². The van der Waals surface area contributed by atoms with Crippen molar-refractivity contribution in [2.24, 2.45) is 5.92 Å². The van der Waals surface area contributed by atoms with Crippen LogP contribution in [0.3, 0.4) is 0 Å². The normalized spacial score (nSPS) is 18.8. The molecule has 3 nitrogen and oxygen atoms in total. The van der Waals surface area contributed by atoms with E-state index in [4.69, 9.17) is 0 Å². The second-order valence-electron chi connectivity index (χ2n) is 4.48. The fraction of sp³-hybridized carbons (Fsp3) is 0.583. The molecule has 1 amide bonds. The minimum Gasteiger partial charge on any atom is -0.341 e. The van der Waals surface area contributed by atoms with Gasteiger partial charge in [-0.2, -0.15) is 0 Å². The third-order valence-electron chi connectivity index (χ3n) is 3.10. The summed E-state index contributed by atoms with van der Waals surface area (Å²) in [5.41, 5.74) is 1.09. The van der Waals surface area contributed by atoms with Crippen LogP contribution in [0.25, 0.3) is 0 Å². The van der Waals surface area contributed by atoms with E-state index >= 15 is 0 Å². The zero-order valence-electron chi connectivity index (χ0n) is 10.2. The Bertz CT molecular complexity index is 374. The molecule has 1 atom stereocenters. The van der Waals surface area contributed by atoms with Gasteiger partial charge >= 0.3 is 0 Å². The van der Waals surface area contributed by atoms with Crippen LogP contribution in [0.15, 0.2) is 11.4 Å². The van der Waals surface area contributed by atoms with Crippen molar-refractivity contribution >= 4 is 29.7 Å². The zero-order valence-corrected chi connectivity index (χ0v) is 11.9. The SMILES string of the molecule is Cc1ccsc1C(=O)N(C)CC1CCNC1.Cl. The van der Waals surface area contributed by atoms with E-state index in [2.05, 4.69) is 5.32 Å². The van der Waals surface area contributed by atoms with Gasteiger partial charge in [-0.05, 0) is 49.4 Å². The number of aryl methyl sites for hydroxylation is 1. The molecule has 96 valence electrons. The van der Waals surface area contributed by atoms with Crippen LogP contribution in [0, 0.1) is 12.8 Å². The highest BCUT2D eigenvalue weighted by atomic mass is 35.5. The Morgan fingerprint density at radius 3 is 2.94 bits per heavy atom. The monoisotopic (exact) mass is 274 g/mol. The predicted octanol–water partition coefficient (Wildman–Crippen LogP) is 2.16. The molecule has 2 rings (SSSR count). The molecular formula is C12H19ClN2OS. The number of rotatable bonds is 3. The Hall–Kier alpha value is -0.580. The van der Waals surface area contributed by atoms with Gasteiger partial charge in [0.2, 0.25) is 0 Å². The standard InChI is InChI=1S/C12H18N2OS.ClH/c1-9-4-6-16-11(9)12(15)14(2)8-10-3-5-13-7-10;/h4,6,10,13H,3,5,7-8H2,1-2H3;1H. The van der Waals surface area contributed by atoms with Gasteiger partial charge in [0.15, 0.2) is 0 Å². The average molecular weight is 275 g/mol. The van der Waals surface area contributed by atoms with Gasteiger partial charge in [-0.1, -0.05) is 0 Å². The van der Waals surface area contributed by atoms with Gasteiger partial charge in [-0.15, -0.1) is 23.7 Å². The summed E-state index contributed by atoms with van der Waals surface area (Å²) in [5, 5.41) is 5.31. The zero-order chi connectivity index (χ0) is 11.5. The minimum absolute atomic E-state index is 0. The topological polar surface area (TPSA) is 32.3 Å². The van der Waals surface area contributed by atoms with Gasteiger partial charge in [0, 0.05) is 13.6 Å². The van der Waals surface area contributed by atoms with Crippen LogP contribution >= 0.6 is 23.7 Å². The van der Waals surface area contributed by atoms with Crippen LogP contribution in [-0.4, -0.2) is 37.5 Å². The summed E-state index contributed by atoms with van der Waals surface area (Å²) < 4.78 is 0. The number of nitrogens with zero attached hydrogens (tertiary/aromatic N) is 1. The Balaban J connectivity index is 0.00000144. The molecule has 2 heterocycles. The van der Waals surface area contributed by atoms with Crippen LogP contribution in [0.1, 0.15) is 21.7 Å². The van der Waals surface area contributed by atoms with E-state index < -0.39 is 0 Å². The highest BCUT2D eigenvalue weighted by Gasteiger charge is 2.21. The first-order valence-electron chi connectivity index (χ1n) is 5.68. The Kier molecular flexibility index (Phi) is 5.43. The second kappa shape index (κ2) is 6.38. The molecule has 0 bridgehead atoms. The summed E-state index contributed by atoms with van der Waals surface area (Å²) in [7, 11) is 1.90. The smallest absolute Gasteiger partial charge is 0.263 e. The lowest BCUT2D eigenvalue weighted by Gasteiger charge is -2.20. The number of halogens is 1. The molecule has 5 heteroatoms. The predicted molar refractivity (Wildman–Crippen MR) is 74.2 cm³/mol. The van der Waals surface area contributed by atoms with Crippen LogP contribution in [0.2, 0.25) is 0 Å². The van der Waals surface area contributed by atoms with Crippen molar-refractivity contribution in [1.29, 1.82) is 0 Å². The van der Waals surface area contributed by atoms with Gasteiger partial charge in [0.1, 0.15) is 0 Å². The van der Waals surface area contributed by atoms with Crippen LogP contribution in [0.5, 0.6) is 0 Å². The quantitative estimate of drug-likeness (QED) is 0.916. The van der Waals surface area contributed by atoms with E-state index in [1.54, 1.807) is 0 Å². The van der Waals surface area contributed by atoms with E-state index in [0.717, 1.165) is 30.1 Å². The molecule has 1 aromatic rings. The fourth-order valence-corrected chi connectivity index (χ4v) is 3.02. The van der Waals surface area contributed by atoms with Crippen molar-refractivity contribution in [3.05, 3.63) is 21.9 Å². The minimum atomic E-state index is 0. The Morgan fingerprint density at radius 1 is 1.65 bits per heavy atom. The van der Waals surface area contributed by atoms with Gasteiger partial charge in [-0.3, -0.25) is 4.79 Å². The highest BCUT2D eigenvalue weighted by molar-refractivity contribution is 7.12. The maximum Gasteiger partial charge on any atom is 0.263 e. The lowest BCUT2D eigenvalue weighted by Crippen LogP contribution is -2.32. The molecule has 0 spiro atoms. The number of hydrogen-bond donors (Lipinski definition) is 1. The van der Waals surface area contributed by atoms with E-state index in [-0.39, 0.29) is 18.3 Å². The van der Waals surface area contributed by atoms with Crippen LogP contribution in [0.4, 0.5) is 0 Å². The molecule has 0 aliphatic carbocycles. The summed E-state index contributed by atoms with van der Waals surface area (Å²) in [5.74, 6) is 0.786. The third-order valence-corrected chi connectivity index (χ3v) is 4.10. The molecule has 0 radical (unpaired) electrons. The Labute approximate surface area is 113 Å². The summed E-state index contributed by atoms with van der Waals surface area (Å²) in [4.78, 5) is 14.9. The molecular weight excluding hydrogens is 256 g/mol. The van der Waals surface area contributed by atoms with E-state index in [9.17, 15) is 4.79 Å². The van der Waals surface area contributed by atoms with E-state index in [1.807, 2.05) is 30.3 Å². The summed E-state index contributed by atoms with van der Waals surface area (Å²) in [6.45, 7) is 4.99. The van der Waals surface area contributed by atoms with Crippen LogP contribution in [-0.2, 0) is 0 Å². The van der Waals surface area contributed by atoms with Crippen molar-refractivity contribution in [1.82, 2.24) is 10.2 Å². The first-order chi connectivity index (χ1) is 7.68. The number of amides is 1. The van der Waals surface area contributed by atoms with Crippen molar-refractivity contribution in [2.75, 3.05) is 26.7 Å². The maximum absolute atomic E-state index is 12.1. The van der Waals surface area contributed by atoms with Gasteiger partial charge in [-0.25, -0.2) is 0 Å². The molecule has 1 aliphatic rings. The van der Waals surface area contributed by atoms with Crippen molar-refractivity contribution < 1.29 is 4.79 Å². The van der Waals surface area contributed by atoms with Crippen molar-refractivity contribution in [3.8, 4) is 0 Å². The molecule has 1 aromatic heterocycles. The van der Waals surface area contributed by atoms with Gasteiger partial charge in [0.05, 0.1) is 4.88 Å². The average Bonchev–Trinajstić information content (AvgIpc) is 2.88. The lowest BCUT2D eigenvalue weighted by molar-refractivity contribution is 0.0780. The molecule has 0 saturated carbocycles. The summed E-state index contributed by atoms with van der Waals surface area (Å²) >= 11 is 1.54. The Morgan fingerprint density at radius 2 is 2.41 bits per heavy atom. The molecule has 1 fully saturated rings. The molecule has 1 saturated heterocycles. The molecule has 0 aromatic carbocycles. The molecule has 1 N–H and O–H groups in total. The van der Waals surface area contributed by atoms with E-state index in [0.29, 0.717) is 5.92 Å². The molecule has 1 aliphatic heterocycles. The number of hydrogen-bond acceptors (Lipinski definition) is 3.